The van der Waals surface area contributed by atoms with Crippen molar-refractivity contribution >= 4 is 17.3 Å². The van der Waals surface area contributed by atoms with Crippen molar-refractivity contribution in [1.82, 2.24) is 0 Å². The molecule has 64 valence electrons. The molecule has 0 spiro atoms. The lowest BCUT2D eigenvalue weighted by Gasteiger charge is -2.15. The average molecular weight is 165 g/mol. The molecule has 1 heterocycles. The van der Waals surface area contributed by atoms with E-state index in [2.05, 4.69) is 4.99 Å². The first-order chi connectivity index (χ1) is 5.70. The van der Waals surface area contributed by atoms with E-state index in [1.54, 1.807) is 6.92 Å². The highest BCUT2D eigenvalue weighted by molar-refractivity contribution is 6.26. The van der Waals surface area contributed by atoms with E-state index in [4.69, 9.17) is 0 Å². The van der Waals surface area contributed by atoms with Gasteiger partial charge in [-0.3, -0.25) is 14.6 Å². The molecule has 1 aliphatic heterocycles. The maximum atomic E-state index is 11.4. The molecule has 2 rings (SSSR count). The summed E-state index contributed by atoms with van der Waals surface area (Å²) in [5.41, 5.74) is 0.837. The van der Waals surface area contributed by atoms with Crippen molar-refractivity contribution in [2.75, 3.05) is 0 Å². The number of rotatable bonds is 0. The summed E-state index contributed by atoms with van der Waals surface area (Å²) in [6.07, 6.45) is 2.27. The Labute approximate surface area is 70.9 Å². The Bertz CT molecular complexity index is 280. The van der Waals surface area contributed by atoms with Crippen molar-refractivity contribution in [3.05, 3.63) is 0 Å². The lowest BCUT2D eigenvalue weighted by molar-refractivity contribution is -0.130. The zero-order valence-corrected chi connectivity index (χ0v) is 7.04. The summed E-state index contributed by atoms with van der Waals surface area (Å²) < 4.78 is 0. The maximum Gasteiger partial charge on any atom is 0.173 e. The zero-order chi connectivity index (χ0) is 8.72. The Morgan fingerprint density at radius 1 is 1.33 bits per heavy atom. The standard InChI is InChI=1S/C9H11NO2/c1-5-9(12)8-6(10-5)3-2-4-7(8)11/h5,8H,2-4H2,1H3. The molecule has 2 aliphatic rings. The van der Waals surface area contributed by atoms with Crippen LogP contribution in [0.1, 0.15) is 26.2 Å². The number of hydrogen-bond donors (Lipinski definition) is 0. The lowest BCUT2D eigenvalue weighted by atomic mass is 9.84. The fourth-order valence-corrected chi connectivity index (χ4v) is 1.93. The molecule has 1 fully saturated rings. The van der Waals surface area contributed by atoms with Crippen molar-refractivity contribution in [2.45, 2.75) is 32.2 Å². The topological polar surface area (TPSA) is 46.5 Å². The monoisotopic (exact) mass is 165 g/mol. The SMILES string of the molecule is CC1N=C2CCCC(=O)C2C1=O. The Morgan fingerprint density at radius 3 is 2.75 bits per heavy atom. The third kappa shape index (κ3) is 0.924. The van der Waals surface area contributed by atoms with Gasteiger partial charge in [0.05, 0.1) is 0 Å². The van der Waals surface area contributed by atoms with Crippen LogP contribution in [0, 0.1) is 5.92 Å². The first-order valence-electron chi connectivity index (χ1n) is 4.33. The largest absolute Gasteiger partial charge is 0.298 e. The fraction of sp³-hybridized carbons (Fsp3) is 0.667. The molecule has 0 bridgehead atoms. The molecule has 1 aliphatic carbocycles. The third-order valence-corrected chi connectivity index (χ3v) is 2.57. The molecule has 0 radical (unpaired) electrons. The van der Waals surface area contributed by atoms with Gasteiger partial charge in [0.2, 0.25) is 0 Å². The minimum absolute atomic E-state index is 0.00898. The van der Waals surface area contributed by atoms with Gasteiger partial charge in [-0.15, -0.1) is 0 Å². The van der Waals surface area contributed by atoms with Gasteiger partial charge in [0.25, 0.3) is 0 Å². The number of Topliss-reactive ketones (excluding diaryl/α,β-unsaturated/α-hetero) is 2. The van der Waals surface area contributed by atoms with Gasteiger partial charge in [0.15, 0.2) is 5.78 Å². The van der Waals surface area contributed by atoms with Crippen molar-refractivity contribution in [3.8, 4) is 0 Å². The molecule has 0 aromatic heterocycles. The smallest absolute Gasteiger partial charge is 0.173 e. The summed E-state index contributed by atoms with van der Waals surface area (Å²) in [4.78, 5) is 26.9. The Hall–Kier alpha value is -0.990. The van der Waals surface area contributed by atoms with Gasteiger partial charge in [0.1, 0.15) is 17.7 Å². The van der Waals surface area contributed by atoms with Gasteiger partial charge in [0, 0.05) is 12.1 Å². The number of hydrogen-bond acceptors (Lipinski definition) is 3. The quantitative estimate of drug-likeness (QED) is 0.498. The first kappa shape index (κ1) is 7.65. The Kier molecular flexibility index (Phi) is 1.60. The van der Waals surface area contributed by atoms with Gasteiger partial charge in [-0.25, -0.2) is 0 Å². The first-order valence-corrected chi connectivity index (χ1v) is 4.33. The summed E-state index contributed by atoms with van der Waals surface area (Å²) in [7, 11) is 0. The average Bonchev–Trinajstić information content (AvgIpc) is 2.29. The highest BCUT2D eigenvalue weighted by Gasteiger charge is 2.40. The molecule has 2 unspecified atom stereocenters. The van der Waals surface area contributed by atoms with E-state index in [0.29, 0.717) is 6.42 Å². The molecule has 1 saturated carbocycles. The molecule has 0 N–H and O–H groups in total. The van der Waals surface area contributed by atoms with Gasteiger partial charge in [-0.05, 0) is 19.8 Å². The van der Waals surface area contributed by atoms with Crippen molar-refractivity contribution in [1.29, 1.82) is 0 Å². The minimum Gasteiger partial charge on any atom is -0.298 e. The fourth-order valence-electron chi connectivity index (χ4n) is 1.93. The zero-order valence-electron chi connectivity index (χ0n) is 7.04. The van der Waals surface area contributed by atoms with E-state index in [-0.39, 0.29) is 17.6 Å². The maximum absolute atomic E-state index is 11.4. The van der Waals surface area contributed by atoms with E-state index in [0.717, 1.165) is 18.6 Å². The number of carbonyl (C=O) groups is 2. The summed E-state index contributed by atoms with van der Waals surface area (Å²) in [6.45, 7) is 1.76. The van der Waals surface area contributed by atoms with E-state index in [1.165, 1.54) is 0 Å². The predicted octanol–water partition coefficient (Wildman–Crippen LogP) is 0.768. The highest BCUT2D eigenvalue weighted by Crippen LogP contribution is 2.26. The minimum atomic E-state index is -0.450. The molecule has 0 saturated heterocycles. The van der Waals surface area contributed by atoms with Crippen LogP contribution in [0.15, 0.2) is 4.99 Å². The number of ketones is 2. The van der Waals surface area contributed by atoms with Crippen LogP contribution in [-0.4, -0.2) is 23.3 Å². The van der Waals surface area contributed by atoms with E-state index >= 15 is 0 Å². The van der Waals surface area contributed by atoms with Crippen LogP contribution in [0.5, 0.6) is 0 Å². The van der Waals surface area contributed by atoms with Crippen LogP contribution >= 0.6 is 0 Å². The summed E-state index contributed by atoms with van der Waals surface area (Å²) in [6, 6.07) is -0.271. The molecule has 3 heteroatoms. The molecule has 3 nitrogen and oxygen atoms in total. The Morgan fingerprint density at radius 2 is 2.08 bits per heavy atom. The highest BCUT2D eigenvalue weighted by atomic mass is 16.2. The third-order valence-electron chi connectivity index (χ3n) is 2.57. The molecular weight excluding hydrogens is 154 g/mol. The van der Waals surface area contributed by atoms with E-state index in [9.17, 15) is 9.59 Å². The molecule has 0 amide bonds. The lowest BCUT2D eigenvalue weighted by Crippen LogP contribution is -2.32. The van der Waals surface area contributed by atoms with Crippen LogP contribution < -0.4 is 0 Å². The van der Waals surface area contributed by atoms with E-state index in [1.807, 2.05) is 0 Å². The van der Waals surface area contributed by atoms with Crippen LogP contribution in [-0.2, 0) is 9.59 Å². The number of carbonyl (C=O) groups excluding carboxylic acids is 2. The van der Waals surface area contributed by atoms with Crippen molar-refractivity contribution in [2.24, 2.45) is 10.9 Å². The second-order valence-electron chi connectivity index (χ2n) is 3.45. The number of aliphatic imine (C=N–C) groups is 1. The van der Waals surface area contributed by atoms with Gasteiger partial charge in [-0.2, -0.15) is 0 Å². The predicted molar refractivity (Wildman–Crippen MR) is 44.3 cm³/mol. The van der Waals surface area contributed by atoms with Crippen LogP contribution in [0.2, 0.25) is 0 Å². The van der Waals surface area contributed by atoms with Crippen LogP contribution in [0.3, 0.4) is 0 Å². The van der Waals surface area contributed by atoms with Gasteiger partial charge in [-0.1, -0.05) is 0 Å². The second-order valence-corrected chi connectivity index (χ2v) is 3.45. The summed E-state index contributed by atoms with van der Waals surface area (Å²) in [5.74, 6) is -0.363. The summed E-state index contributed by atoms with van der Waals surface area (Å²) in [5, 5.41) is 0. The molecule has 0 aromatic rings. The molecule has 0 aromatic carbocycles. The van der Waals surface area contributed by atoms with Crippen molar-refractivity contribution < 1.29 is 9.59 Å². The molecular formula is C9H11NO2. The Balaban J connectivity index is 2.33. The van der Waals surface area contributed by atoms with Crippen LogP contribution in [0.25, 0.3) is 0 Å². The van der Waals surface area contributed by atoms with Gasteiger partial charge < -0.3 is 0 Å². The summed E-state index contributed by atoms with van der Waals surface area (Å²) >= 11 is 0. The number of fused-ring (bicyclic) bond motifs is 1. The van der Waals surface area contributed by atoms with Gasteiger partial charge >= 0.3 is 0 Å². The number of nitrogens with zero attached hydrogens (tertiary/aromatic N) is 1. The second kappa shape index (κ2) is 2.51. The normalized spacial score (nSPS) is 34.9. The molecule has 2 atom stereocenters. The van der Waals surface area contributed by atoms with E-state index < -0.39 is 5.92 Å². The molecule has 12 heavy (non-hydrogen) atoms. The van der Waals surface area contributed by atoms with Crippen molar-refractivity contribution in [3.63, 3.8) is 0 Å². The van der Waals surface area contributed by atoms with Crippen LogP contribution in [0.4, 0.5) is 0 Å².